The Kier molecular flexibility index (Phi) is 7.03. The summed E-state index contributed by atoms with van der Waals surface area (Å²) < 4.78 is 50.5. The molecule has 1 N–H and O–H groups in total. The number of aliphatic hydroxyl groups excluding tert-OH is 1. The van der Waals surface area contributed by atoms with Crippen LogP contribution in [0.25, 0.3) is 0 Å². The molecule has 10 heteroatoms. The van der Waals surface area contributed by atoms with Crippen molar-refractivity contribution in [3.05, 3.63) is 106 Å². The maximum absolute atomic E-state index is 14.1. The first kappa shape index (κ1) is 29.2. The summed E-state index contributed by atoms with van der Waals surface area (Å²) >= 11 is 0. The van der Waals surface area contributed by atoms with E-state index in [0.29, 0.717) is 17.5 Å². The van der Waals surface area contributed by atoms with E-state index in [4.69, 9.17) is 37.9 Å². The molecule has 0 saturated carbocycles. The molecular formula is C35H34O10. The van der Waals surface area contributed by atoms with Gasteiger partial charge in [0, 0.05) is 13.5 Å². The van der Waals surface area contributed by atoms with Crippen LogP contribution in [0.4, 0.5) is 0 Å². The first-order chi connectivity index (χ1) is 21.9. The third-order valence-corrected chi connectivity index (χ3v) is 9.09. The van der Waals surface area contributed by atoms with Crippen molar-refractivity contribution in [2.24, 2.45) is 0 Å². The Morgan fingerprint density at radius 3 is 2.02 bits per heavy atom. The van der Waals surface area contributed by atoms with Gasteiger partial charge >= 0.3 is 0 Å². The van der Waals surface area contributed by atoms with Crippen LogP contribution < -0.4 is 18.9 Å². The summed E-state index contributed by atoms with van der Waals surface area (Å²) in [5.74, 6) is -1.56. The van der Waals surface area contributed by atoms with Crippen molar-refractivity contribution >= 4 is 5.78 Å². The van der Waals surface area contributed by atoms with E-state index in [1.807, 2.05) is 60.7 Å². The second-order valence-electron chi connectivity index (χ2n) is 11.2. The zero-order valence-electron chi connectivity index (χ0n) is 25.6. The normalized spacial score (nSPS) is 28.0. The third kappa shape index (κ3) is 3.82. The van der Waals surface area contributed by atoms with Crippen LogP contribution in [0, 0.1) is 0 Å². The maximum Gasteiger partial charge on any atom is 0.283 e. The molecule has 1 spiro atoms. The molecule has 7 rings (SSSR count). The van der Waals surface area contributed by atoms with E-state index in [1.54, 1.807) is 6.08 Å². The van der Waals surface area contributed by atoms with Crippen LogP contribution in [0.5, 0.6) is 23.0 Å². The Balaban J connectivity index is 1.53. The molecule has 3 heterocycles. The molecule has 45 heavy (non-hydrogen) atoms. The fourth-order valence-corrected chi connectivity index (χ4v) is 7.20. The van der Waals surface area contributed by atoms with E-state index in [2.05, 4.69) is 0 Å². The number of aliphatic hydroxyl groups is 1. The van der Waals surface area contributed by atoms with Gasteiger partial charge in [-0.2, -0.15) is 0 Å². The molecule has 4 aliphatic rings. The van der Waals surface area contributed by atoms with Crippen LogP contribution in [0.2, 0.25) is 0 Å². The smallest absolute Gasteiger partial charge is 0.283 e. The van der Waals surface area contributed by atoms with E-state index in [0.717, 1.165) is 11.1 Å². The fraction of sp³-hybridized carbons (Fsp3) is 0.343. The minimum Gasteiger partial charge on any atom is -0.494 e. The Morgan fingerprint density at radius 1 is 0.800 bits per heavy atom. The van der Waals surface area contributed by atoms with Gasteiger partial charge in [-0.25, -0.2) is 0 Å². The van der Waals surface area contributed by atoms with E-state index < -0.39 is 35.5 Å². The van der Waals surface area contributed by atoms with Crippen LogP contribution in [-0.2, 0) is 29.3 Å². The fourth-order valence-electron chi connectivity index (χ4n) is 7.20. The Hall–Kier alpha value is -4.51. The molecule has 0 radical (unpaired) electrons. The van der Waals surface area contributed by atoms with Crippen molar-refractivity contribution in [2.45, 2.75) is 42.5 Å². The highest BCUT2D eigenvalue weighted by Crippen LogP contribution is 2.70. The Bertz CT molecular complexity index is 1720. The van der Waals surface area contributed by atoms with Gasteiger partial charge in [0.15, 0.2) is 17.3 Å². The summed E-state index contributed by atoms with van der Waals surface area (Å²) in [4.78, 5) is 14.1. The molecule has 3 aromatic rings. The van der Waals surface area contributed by atoms with Gasteiger partial charge in [0.2, 0.25) is 22.9 Å². The summed E-state index contributed by atoms with van der Waals surface area (Å²) in [6, 6.07) is 19.3. The van der Waals surface area contributed by atoms with Gasteiger partial charge in [-0.3, -0.25) is 4.79 Å². The number of Topliss-reactive ketones (excluding diaryl/α,β-unsaturated/α-hetero) is 1. The average molecular weight is 615 g/mol. The summed E-state index contributed by atoms with van der Waals surface area (Å²) in [5, 5.41) is 11.8. The van der Waals surface area contributed by atoms with Crippen molar-refractivity contribution in [3.63, 3.8) is 0 Å². The molecule has 0 fully saturated rings. The van der Waals surface area contributed by atoms with E-state index >= 15 is 0 Å². The number of ether oxygens (including phenoxy) is 8. The number of rotatable bonds is 7. The number of fused-ring (bicyclic) bond motifs is 4. The molecule has 0 bridgehead atoms. The monoisotopic (exact) mass is 614 g/mol. The highest BCUT2D eigenvalue weighted by molar-refractivity contribution is 6.11. The van der Waals surface area contributed by atoms with Crippen molar-refractivity contribution in [2.75, 3.05) is 35.5 Å². The predicted molar refractivity (Wildman–Crippen MR) is 160 cm³/mol. The number of methoxy groups -OCH3 is 5. The van der Waals surface area contributed by atoms with E-state index in [9.17, 15) is 9.90 Å². The van der Waals surface area contributed by atoms with Crippen molar-refractivity contribution in [1.29, 1.82) is 0 Å². The summed E-state index contributed by atoms with van der Waals surface area (Å²) in [6.07, 6.45) is 0.328. The topological polar surface area (TPSA) is 111 Å². The lowest BCUT2D eigenvalue weighted by Gasteiger charge is -2.49. The van der Waals surface area contributed by atoms with Gasteiger partial charge in [-0.05, 0) is 17.5 Å². The van der Waals surface area contributed by atoms with Crippen LogP contribution in [0.3, 0.4) is 0 Å². The number of carbonyl (C=O) groups is 1. The molecule has 0 aromatic heterocycles. The number of carbonyl (C=O) groups excluding carboxylic acids is 1. The highest BCUT2D eigenvalue weighted by atomic mass is 16.7. The minimum atomic E-state index is -1.91. The summed E-state index contributed by atoms with van der Waals surface area (Å²) in [6.45, 7) is 0. The standard InChI is InChI=1S/C35H34O10/c1-38-30-26-28(25-22(36)18-24(20-14-10-7-11-15-20)43-29(25)32(30)40-3)45-35-21(16-17-23(44-35)19-12-8-6-9-13-19)27(37)31(39-2)33(41-4)34(26,35)42-5/h6-16,22-24,36H,17-18H2,1-5H3/t22-,23+,24+,34+,35+/m0/s1. The molecule has 1 aliphatic carbocycles. The lowest BCUT2D eigenvalue weighted by molar-refractivity contribution is -0.281. The number of ketones is 1. The Morgan fingerprint density at radius 2 is 1.44 bits per heavy atom. The van der Waals surface area contributed by atoms with E-state index in [1.165, 1.54) is 35.5 Å². The maximum atomic E-state index is 14.1. The van der Waals surface area contributed by atoms with Crippen molar-refractivity contribution in [1.82, 2.24) is 0 Å². The van der Waals surface area contributed by atoms with E-state index in [-0.39, 0.29) is 46.5 Å². The Labute approximate surface area is 260 Å². The quantitative estimate of drug-likeness (QED) is 0.373. The van der Waals surface area contributed by atoms with Crippen molar-refractivity contribution in [3.8, 4) is 23.0 Å². The third-order valence-electron chi connectivity index (χ3n) is 9.09. The molecule has 10 nitrogen and oxygen atoms in total. The lowest BCUT2D eigenvalue weighted by Crippen LogP contribution is -2.63. The van der Waals surface area contributed by atoms with Gasteiger partial charge in [0.25, 0.3) is 5.79 Å². The van der Waals surface area contributed by atoms with Gasteiger partial charge < -0.3 is 43.0 Å². The number of hydrogen-bond donors (Lipinski definition) is 1. The largest absolute Gasteiger partial charge is 0.494 e. The van der Waals surface area contributed by atoms with Crippen LogP contribution >= 0.6 is 0 Å². The van der Waals surface area contributed by atoms with Crippen LogP contribution in [0.15, 0.2) is 83.8 Å². The minimum absolute atomic E-state index is 0.0239. The molecule has 0 amide bonds. The second kappa shape index (κ2) is 10.8. The highest BCUT2D eigenvalue weighted by Gasteiger charge is 2.76. The number of allylic oxidation sites excluding steroid dienone is 1. The first-order valence-electron chi connectivity index (χ1n) is 14.7. The molecule has 234 valence electrons. The van der Waals surface area contributed by atoms with Gasteiger partial charge in [0.05, 0.1) is 57.3 Å². The average Bonchev–Trinajstić information content (AvgIpc) is 3.37. The summed E-state index contributed by atoms with van der Waals surface area (Å²) in [5.41, 5.74) is 0.786. The van der Waals surface area contributed by atoms with Gasteiger partial charge in [-0.1, -0.05) is 66.7 Å². The number of hydrogen-bond acceptors (Lipinski definition) is 10. The SMILES string of the molecule is COC1=C(OC)[C@]2(OC)c3c(OC)c(OC)c4c(c3O[C@@]23O[C@@H](c2ccccc2)CC=C3C1=O)[C@@H](O)C[C@H](c1ccccc1)O4. The number of benzene rings is 3. The predicted octanol–water partition coefficient (Wildman–Crippen LogP) is 5.37. The molecule has 3 aliphatic heterocycles. The molecule has 5 atom stereocenters. The first-order valence-corrected chi connectivity index (χ1v) is 14.7. The molecule has 3 aromatic carbocycles. The molecular weight excluding hydrogens is 580 g/mol. The molecule has 0 saturated heterocycles. The summed E-state index contributed by atoms with van der Waals surface area (Å²) in [7, 11) is 7.26. The van der Waals surface area contributed by atoms with Crippen LogP contribution in [0.1, 0.15) is 53.4 Å². The molecule has 0 unspecified atom stereocenters. The zero-order valence-corrected chi connectivity index (χ0v) is 25.6. The van der Waals surface area contributed by atoms with Crippen molar-refractivity contribution < 1.29 is 47.8 Å². The zero-order chi connectivity index (χ0) is 31.5. The lowest BCUT2D eigenvalue weighted by atomic mass is 9.72. The second-order valence-corrected chi connectivity index (χ2v) is 11.2. The van der Waals surface area contributed by atoms with Gasteiger partial charge in [0.1, 0.15) is 11.9 Å². The van der Waals surface area contributed by atoms with Crippen LogP contribution in [-0.4, -0.2) is 52.2 Å². The van der Waals surface area contributed by atoms with Gasteiger partial charge in [-0.15, -0.1) is 0 Å².